The summed E-state index contributed by atoms with van der Waals surface area (Å²) < 4.78 is 0. The van der Waals surface area contributed by atoms with E-state index in [2.05, 4.69) is 38.1 Å². The highest BCUT2D eigenvalue weighted by Gasteiger charge is 2.29. The van der Waals surface area contributed by atoms with E-state index >= 15 is 0 Å². The molecule has 0 saturated heterocycles. The molecule has 0 N–H and O–H groups in total. The second-order valence-electron chi connectivity index (χ2n) is 8.00. The van der Waals surface area contributed by atoms with E-state index < -0.39 is 0 Å². The van der Waals surface area contributed by atoms with E-state index in [1.807, 2.05) is 0 Å². The summed E-state index contributed by atoms with van der Waals surface area (Å²) >= 11 is 0. The maximum Gasteiger partial charge on any atom is -0.0157 e. The van der Waals surface area contributed by atoms with Crippen molar-refractivity contribution in [2.75, 3.05) is 0 Å². The maximum atomic E-state index is 2.45. The summed E-state index contributed by atoms with van der Waals surface area (Å²) in [6, 6.07) is 9.79. The lowest BCUT2D eigenvalue weighted by Gasteiger charge is -2.36. The zero-order chi connectivity index (χ0) is 15.4. The Labute approximate surface area is 137 Å². The van der Waals surface area contributed by atoms with Crippen LogP contribution >= 0.6 is 0 Å². The maximum absolute atomic E-state index is 2.45. The van der Waals surface area contributed by atoms with Gasteiger partial charge in [-0.3, -0.25) is 0 Å². The van der Waals surface area contributed by atoms with Gasteiger partial charge >= 0.3 is 0 Å². The van der Waals surface area contributed by atoms with Gasteiger partial charge in [0.1, 0.15) is 0 Å². The molecule has 2 aliphatic rings. The van der Waals surface area contributed by atoms with Crippen LogP contribution in [0.4, 0.5) is 0 Å². The van der Waals surface area contributed by atoms with Crippen LogP contribution in [0.2, 0.25) is 0 Å². The van der Waals surface area contributed by atoms with Gasteiger partial charge in [-0.25, -0.2) is 0 Å². The van der Waals surface area contributed by atoms with Crippen molar-refractivity contribution in [3.05, 3.63) is 35.4 Å². The third-order valence-corrected chi connectivity index (χ3v) is 6.36. The van der Waals surface area contributed by atoms with Gasteiger partial charge in [-0.05, 0) is 73.3 Å². The van der Waals surface area contributed by atoms with E-state index in [9.17, 15) is 0 Å². The Kier molecular flexibility index (Phi) is 5.61. The Morgan fingerprint density at radius 1 is 0.682 bits per heavy atom. The minimum atomic E-state index is 0.844. The molecule has 0 heteroatoms. The molecule has 0 aromatic heterocycles. The Bertz CT molecular complexity index is 430. The summed E-state index contributed by atoms with van der Waals surface area (Å²) in [4.78, 5) is 0. The molecule has 3 rings (SSSR count). The lowest BCUT2D eigenvalue weighted by molar-refractivity contribution is 0.246. The SMILES string of the molecule is CCCC1CCC(c2ccc(C3CC(CCC)C3)cc2)CC1. The summed E-state index contributed by atoms with van der Waals surface area (Å²) in [5.74, 6) is 3.75. The van der Waals surface area contributed by atoms with Crippen molar-refractivity contribution in [1.82, 2.24) is 0 Å². The summed E-state index contributed by atoms with van der Waals surface area (Å²) in [5, 5.41) is 0. The van der Waals surface area contributed by atoms with Crippen LogP contribution in [-0.4, -0.2) is 0 Å². The minimum absolute atomic E-state index is 0.844. The molecule has 22 heavy (non-hydrogen) atoms. The van der Waals surface area contributed by atoms with Crippen LogP contribution in [0.25, 0.3) is 0 Å². The first-order chi connectivity index (χ1) is 10.8. The van der Waals surface area contributed by atoms with Crippen molar-refractivity contribution >= 4 is 0 Å². The molecule has 0 spiro atoms. The van der Waals surface area contributed by atoms with Crippen molar-refractivity contribution in [3.8, 4) is 0 Å². The molecule has 0 bridgehead atoms. The Morgan fingerprint density at radius 2 is 1.18 bits per heavy atom. The van der Waals surface area contributed by atoms with Gasteiger partial charge in [0.15, 0.2) is 0 Å². The van der Waals surface area contributed by atoms with Gasteiger partial charge in [-0.15, -0.1) is 0 Å². The van der Waals surface area contributed by atoms with Crippen LogP contribution in [0.3, 0.4) is 0 Å². The second-order valence-corrected chi connectivity index (χ2v) is 8.00. The molecule has 2 saturated carbocycles. The largest absolute Gasteiger partial charge is 0.0654 e. The molecule has 0 heterocycles. The van der Waals surface area contributed by atoms with Crippen molar-refractivity contribution in [2.45, 2.75) is 89.9 Å². The second kappa shape index (κ2) is 7.66. The van der Waals surface area contributed by atoms with Gasteiger partial charge in [-0.2, -0.15) is 0 Å². The van der Waals surface area contributed by atoms with Gasteiger partial charge in [0, 0.05) is 0 Å². The fourth-order valence-electron chi connectivity index (χ4n) is 4.88. The van der Waals surface area contributed by atoms with Crippen LogP contribution < -0.4 is 0 Å². The monoisotopic (exact) mass is 298 g/mol. The first-order valence-electron chi connectivity index (χ1n) is 9.90. The summed E-state index contributed by atoms with van der Waals surface area (Å²) in [6.45, 7) is 4.65. The molecule has 2 fully saturated rings. The number of hydrogen-bond donors (Lipinski definition) is 0. The predicted molar refractivity (Wildman–Crippen MR) is 96.4 cm³/mol. The first kappa shape index (κ1) is 16.1. The Hall–Kier alpha value is -0.780. The van der Waals surface area contributed by atoms with Gasteiger partial charge in [-0.1, -0.05) is 63.8 Å². The molecular weight excluding hydrogens is 264 g/mol. The van der Waals surface area contributed by atoms with Gasteiger partial charge < -0.3 is 0 Å². The molecule has 0 unspecified atom stereocenters. The molecule has 1 aromatic rings. The van der Waals surface area contributed by atoms with E-state index in [1.165, 1.54) is 64.2 Å². The Balaban J connectivity index is 1.50. The summed E-state index contributed by atoms with van der Waals surface area (Å²) in [6.07, 6.45) is 14.3. The van der Waals surface area contributed by atoms with E-state index in [1.54, 1.807) is 11.1 Å². The van der Waals surface area contributed by atoms with Crippen LogP contribution in [0, 0.1) is 11.8 Å². The summed E-state index contributed by atoms with van der Waals surface area (Å²) in [5.41, 5.74) is 3.22. The number of benzene rings is 1. The zero-order valence-electron chi connectivity index (χ0n) is 14.7. The average molecular weight is 299 g/mol. The third-order valence-electron chi connectivity index (χ3n) is 6.36. The molecule has 0 radical (unpaired) electrons. The van der Waals surface area contributed by atoms with Gasteiger partial charge in [0.05, 0.1) is 0 Å². The van der Waals surface area contributed by atoms with Crippen LogP contribution in [0.15, 0.2) is 24.3 Å². The van der Waals surface area contributed by atoms with E-state index in [-0.39, 0.29) is 0 Å². The minimum Gasteiger partial charge on any atom is -0.0654 e. The molecule has 0 atom stereocenters. The van der Waals surface area contributed by atoms with E-state index in [0.717, 1.165) is 23.7 Å². The fourth-order valence-corrected chi connectivity index (χ4v) is 4.88. The van der Waals surface area contributed by atoms with Gasteiger partial charge in [0.25, 0.3) is 0 Å². The number of hydrogen-bond acceptors (Lipinski definition) is 0. The van der Waals surface area contributed by atoms with Gasteiger partial charge in [0.2, 0.25) is 0 Å². The molecule has 0 nitrogen and oxygen atoms in total. The van der Waals surface area contributed by atoms with E-state index in [0.29, 0.717) is 0 Å². The molecule has 0 aliphatic heterocycles. The summed E-state index contributed by atoms with van der Waals surface area (Å²) in [7, 11) is 0. The normalized spacial score (nSPS) is 31.7. The van der Waals surface area contributed by atoms with Crippen LogP contribution in [-0.2, 0) is 0 Å². The topological polar surface area (TPSA) is 0 Å². The standard InChI is InChI=1S/C22H34/c1-3-5-17-7-9-19(10-8-17)20-11-13-21(14-12-20)22-15-18(16-22)6-4-2/h11-14,17-19,22H,3-10,15-16H2,1-2H3. The highest BCUT2D eigenvalue weighted by Crippen LogP contribution is 2.44. The molecule has 2 aliphatic carbocycles. The van der Waals surface area contributed by atoms with Crippen molar-refractivity contribution in [3.63, 3.8) is 0 Å². The predicted octanol–water partition coefficient (Wildman–Crippen LogP) is 7.05. The molecule has 1 aromatic carbocycles. The quantitative estimate of drug-likeness (QED) is 0.527. The fraction of sp³-hybridized carbons (Fsp3) is 0.727. The lowest BCUT2D eigenvalue weighted by atomic mass is 9.69. The van der Waals surface area contributed by atoms with Crippen molar-refractivity contribution < 1.29 is 0 Å². The zero-order valence-corrected chi connectivity index (χ0v) is 14.7. The number of rotatable bonds is 6. The van der Waals surface area contributed by atoms with Crippen molar-refractivity contribution in [2.24, 2.45) is 11.8 Å². The molecular formula is C22H34. The first-order valence-corrected chi connectivity index (χ1v) is 9.90. The highest BCUT2D eigenvalue weighted by atomic mass is 14.3. The third kappa shape index (κ3) is 3.76. The van der Waals surface area contributed by atoms with E-state index in [4.69, 9.17) is 0 Å². The smallest absolute Gasteiger partial charge is 0.0157 e. The highest BCUT2D eigenvalue weighted by molar-refractivity contribution is 5.29. The van der Waals surface area contributed by atoms with Crippen LogP contribution in [0.1, 0.15) is 101 Å². The van der Waals surface area contributed by atoms with Crippen molar-refractivity contribution in [1.29, 1.82) is 0 Å². The molecule has 0 amide bonds. The lowest BCUT2D eigenvalue weighted by Crippen LogP contribution is -2.21. The van der Waals surface area contributed by atoms with Crippen LogP contribution in [0.5, 0.6) is 0 Å². The molecule has 122 valence electrons. The Morgan fingerprint density at radius 3 is 1.73 bits per heavy atom. The average Bonchev–Trinajstić information content (AvgIpc) is 2.52.